The number of fused-ring (bicyclic) bond motifs is 1. The van der Waals surface area contributed by atoms with Gasteiger partial charge in [-0.1, -0.05) is 72.4 Å². The van der Waals surface area contributed by atoms with Gasteiger partial charge in [-0.15, -0.1) is 10.2 Å². The Morgan fingerprint density at radius 3 is 2.27 bits per heavy atom. The molecule has 0 aliphatic carbocycles. The van der Waals surface area contributed by atoms with E-state index < -0.39 is 0 Å². The third-order valence-corrected chi connectivity index (χ3v) is 6.41. The molecule has 1 amide bonds. The minimum Gasteiger partial charge on any atom is -0.315 e. The maximum absolute atomic E-state index is 12.8. The van der Waals surface area contributed by atoms with Gasteiger partial charge in [0.25, 0.3) is 0 Å². The Kier molecular flexibility index (Phi) is 5.71. The highest BCUT2D eigenvalue weighted by Crippen LogP contribution is 2.31. The van der Waals surface area contributed by atoms with Crippen molar-refractivity contribution in [2.45, 2.75) is 11.6 Å². The molecule has 1 aliphatic heterocycles. The van der Waals surface area contributed by atoms with Gasteiger partial charge < -0.3 is 4.90 Å². The Morgan fingerprint density at radius 2 is 1.58 bits per heavy atom. The number of amides is 1. The van der Waals surface area contributed by atoms with Crippen LogP contribution >= 0.6 is 11.8 Å². The number of thioether (sulfide) groups is 1. The second-order valence-corrected chi connectivity index (χ2v) is 8.65. The van der Waals surface area contributed by atoms with Gasteiger partial charge in [-0.3, -0.25) is 9.59 Å². The zero-order valence-corrected chi connectivity index (χ0v) is 18.7. The minimum absolute atomic E-state index is 0.0374. The summed E-state index contributed by atoms with van der Waals surface area (Å²) in [6, 6.07) is 25.1. The van der Waals surface area contributed by atoms with Gasteiger partial charge in [0.15, 0.2) is 5.78 Å². The molecule has 33 heavy (non-hydrogen) atoms. The molecule has 2 heterocycles. The second kappa shape index (κ2) is 8.96. The number of carbonyl (C=O) groups excluding carboxylic acids is 2. The van der Waals surface area contributed by atoms with Crippen molar-refractivity contribution in [3.8, 4) is 22.5 Å². The van der Waals surface area contributed by atoms with Crippen LogP contribution in [0.4, 0.5) is 5.69 Å². The summed E-state index contributed by atoms with van der Waals surface area (Å²) in [6.07, 6.45) is 0.328. The summed E-state index contributed by atoms with van der Waals surface area (Å²) >= 11 is 1.26. The lowest BCUT2D eigenvalue weighted by molar-refractivity contribution is -0.117. The van der Waals surface area contributed by atoms with Crippen molar-refractivity contribution in [2.24, 2.45) is 0 Å². The molecule has 0 fully saturated rings. The lowest BCUT2D eigenvalue weighted by Crippen LogP contribution is -2.20. The zero-order chi connectivity index (χ0) is 22.8. The lowest BCUT2D eigenvalue weighted by Gasteiger charge is -2.10. The van der Waals surface area contributed by atoms with Crippen molar-refractivity contribution in [3.63, 3.8) is 0 Å². The van der Waals surface area contributed by atoms with E-state index in [4.69, 9.17) is 4.98 Å². The van der Waals surface area contributed by atoms with Gasteiger partial charge in [0.2, 0.25) is 11.1 Å². The van der Waals surface area contributed by atoms with Crippen LogP contribution in [0.15, 0.2) is 84.0 Å². The highest BCUT2D eigenvalue weighted by atomic mass is 32.2. The third-order valence-electron chi connectivity index (χ3n) is 5.57. The first-order valence-corrected chi connectivity index (χ1v) is 11.5. The molecule has 0 radical (unpaired) electrons. The Hall–Kier alpha value is -3.84. The molecule has 3 aromatic carbocycles. The summed E-state index contributed by atoms with van der Waals surface area (Å²) in [5.41, 5.74) is 5.63. The van der Waals surface area contributed by atoms with Crippen LogP contribution in [0.3, 0.4) is 0 Å². The number of benzene rings is 3. The Morgan fingerprint density at radius 1 is 0.909 bits per heavy atom. The quantitative estimate of drug-likeness (QED) is 0.312. The predicted molar refractivity (Wildman–Crippen MR) is 129 cm³/mol. The number of hydrogen-bond acceptors (Lipinski definition) is 6. The molecule has 0 spiro atoms. The monoisotopic (exact) mass is 452 g/mol. The normalized spacial score (nSPS) is 12.6. The average Bonchev–Trinajstić information content (AvgIpc) is 3.16. The Bertz CT molecular complexity index is 1340. The number of Topliss-reactive ketones (excluding diaryl/α,β-unsaturated/α-hetero) is 1. The largest absolute Gasteiger partial charge is 0.315 e. The number of anilines is 1. The van der Waals surface area contributed by atoms with Crippen LogP contribution in [-0.2, 0) is 11.2 Å². The smallest absolute Gasteiger partial charge is 0.231 e. The van der Waals surface area contributed by atoms with E-state index in [1.807, 2.05) is 72.8 Å². The van der Waals surface area contributed by atoms with Crippen molar-refractivity contribution in [1.29, 1.82) is 0 Å². The molecule has 0 bridgehead atoms. The Balaban J connectivity index is 1.39. The summed E-state index contributed by atoms with van der Waals surface area (Å²) in [7, 11) is 1.75. The highest BCUT2D eigenvalue weighted by Gasteiger charge is 2.25. The number of aromatic nitrogens is 3. The summed E-state index contributed by atoms with van der Waals surface area (Å²) in [6.45, 7) is 0. The number of ketones is 1. The lowest BCUT2D eigenvalue weighted by atomic mass is 10.0. The van der Waals surface area contributed by atoms with E-state index in [-0.39, 0.29) is 17.4 Å². The molecule has 0 N–H and O–H groups in total. The highest BCUT2D eigenvalue weighted by molar-refractivity contribution is 7.99. The zero-order valence-electron chi connectivity index (χ0n) is 17.9. The number of likely N-dealkylation sites (N-methyl/N-ethyl adjacent to an activating group) is 1. The fourth-order valence-corrected chi connectivity index (χ4v) is 4.50. The van der Waals surface area contributed by atoms with Crippen LogP contribution in [0.5, 0.6) is 0 Å². The first kappa shape index (κ1) is 21.0. The van der Waals surface area contributed by atoms with E-state index in [1.54, 1.807) is 18.0 Å². The molecule has 1 aromatic heterocycles. The molecule has 4 aromatic rings. The molecule has 0 saturated heterocycles. The van der Waals surface area contributed by atoms with Gasteiger partial charge in [0.05, 0.1) is 12.2 Å². The van der Waals surface area contributed by atoms with Gasteiger partial charge in [0.1, 0.15) is 11.4 Å². The van der Waals surface area contributed by atoms with Crippen molar-refractivity contribution in [2.75, 3.05) is 17.7 Å². The van der Waals surface area contributed by atoms with E-state index in [2.05, 4.69) is 10.2 Å². The first-order chi connectivity index (χ1) is 16.1. The SMILES string of the molecule is CN1C(=O)Cc2cc(C(=O)CSc3nnc(-c4ccccc4)c(-c4ccccc4)n3)ccc21. The van der Waals surface area contributed by atoms with Crippen LogP contribution in [0.2, 0.25) is 0 Å². The van der Waals surface area contributed by atoms with E-state index >= 15 is 0 Å². The predicted octanol–water partition coefficient (Wildman–Crippen LogP) is 4.70. The standard InChI is InChI=1S/C26H20N4O2S/c1-30-21-13-12-19(14-20(21)15-23(30)32)22(31)16-33-26-27-24(17-8-4-2-5-9-17)25(28-29-26)18-10-6-3-7-11-18/h2-14H,15-16H2,1H3. The molecule has 0 saturated carbocycles. The fraction of sp³-hybridized carbons (Fsp3) is 0.115. The molecule has 5 rings (SSSR count). The molecule has 7 heteroatoms. The number of hydrogen-bond donors (Lipinski definition) is 0. The fourth-order valence-electron chi connectivity index (χ4n) is 3.82. The van der Waals surface area contributed by atoms with Gasteiger partial charge in [0, 0.05) is 29.4 Å². The summed E-state index contributed by atoms with van der Waals surface area (Å²) in [5.74, 6) is 0.181. The van der Waals surface area contributed by atoms with Crippen molar-refractivity contribution >= 4 is 29.1 Å². The summed E-state index contributed by atoms with van der Waals surface area (Å²) in [4.78, 5) is 31.1. The molecule has 0 unspecified atom stereocenters. The van der Waals surface area contributed by atoms with Crippen LogP contribution in [-0.4, -0.2) is 39.7 Å². The molecule has 1 aliphatic rings. The second-order valence-electron chi connectivity index (χ2n) is 7.71. The summed E-state index contributed by atoms with van der Waals surface area (Å²) < 4.78 is 0. The van der Waals surface area contributed by atoms with Gasteiger partial charge >= 0.3 is 0 Å². The molecule has 0 atom stereocenters. The first-order valence-electron chi connectivity index (χ1n) is 10.5. The van der Waals surface area contributed by atoms with Crippen molar-refractivity contribution in [3.05, 3.63) is 90.0 Å². The van der Waals surface area contributed by atoms with E-state index in [1.165, 1.54) is 11.8 Å². The van der Waals surface area contributed by atoms with E-state index in [0.717, 1.165) is 28.1 Å². The molecular formula is C26H20N4O2S. The molecule has 6 nitrogen and oxygen atoms in total. The van der Waals surface area contributed by atoms with Crippen LogP contribution in [0.25, 0.3) is 22.5 Å². The van der Waals surface area contributed by atoms with Crippen LogP contribution < -0.4 is 4.90 Å². The van der Waals surface area contributed by atoms with Crippen molar-refractivity contribution in [1.82, 2.24) is 15.2 Å². The van der Waals surface area contributed by atoms with E-state index in [9.17, 15) is 9.59 Å². The average molecular weight is 453 g/mol. The van der Waals surface area contributed by atoms with E-state index in [0.29, 0.717) is 22.8 Å². The van der Waals surface area contributed by atoms with Crippen LogP contribution in [0, 0.1) is 0 Å². The number of rotatable bonds is 6. The topological polar surface area (TPSA) is 76.1 Å². The maximum Gasteiger partial charge on any atom is 0.231 e. The third kappa shape index (κ3) is 4.27. The summed E-state index contributed by atoms with van der Waals surface area (Å²) in [5, 5.41) is 9.18. The number of carbonyl (C=O) groups is 2. The Labute approximate surface area is 195 Å². The van der Waals surface area contributed by atoms with Gasteiger partial charge in [-0.25, -0.2) is 4.98 Å². The van der Waals surface area contributed by atoms with Gasteiger partial charge in [-0.2, -0.15) is 0 Å². The minimum atomic E-state index is -0.0400. The van der Waals surface area contributed by atoms with Crippen LogP contribution in [0.1, 0.15) is 15.9 Å². The molecule has 162 valence electrons. The number of nitrogens with zero attached hydrogens (tertiary/aromatic N) is 4. The van der Waals surface area contributed by atoms with Crippen molar-refractivity contribution < 1.29 is 9.59 Å². The maximum atomic E-state index is 12.8. The molecular weight excluding hydrogens is 432 g/mol. The van der Waals surface area contributed by atoms with Gasteiger partial charge in [-0.05, 0) is 23.8 Å².